The molecule has 1 saturated carbocycles. The van der Waals surface area contributed by atoms with E-state index in [1.165, 1.54) is 44.2 Å². The Bertz CT molecular complexity index is 356. The van der Waals surface area contributed by atoms with Crippen LogP contribution in [-0.2, 0) is 0 Å². The van der Waals surface area contributed by atoms with Gasteiger partial charge in [0.2, 0.25) is 0 Å². The first-order valence-corrected chi connectivity index (χ1v) is 7.46. The first-order chi connectivity index (χ1) is 8.79. The van der Waals surface area contributed by atoms with Crippen molar-refractivity contribution < 1.29 is 0 Å². The highest BCUT2D eigenvalue weighted by Gasteiger charge is 2.21. The molecule has 2 nitrogen and oxygen atoms in total. The van der Waals surface area contributed by atoms with E-state index in [4.69, 9.17) is 4.98 Å². The van der Waals surface area contributed by atoms with Crippen LogP contribution in [0.25, 0.3) is 0 Å². The second-order valence-electron chi connectivity index (χ2n) is 5.60. The zero-order chi connectivity index (χ0) is 12.8. The van der Waals surface area contributed by atoms with Crippen LogP contribution in [0.15, 0.2) is 18.2 Å². The molecule has 1 fully saturated rings. The van der Waals surface area contributed by atoms with E-state index in [0.717, 1.165) is 18.2 Å². The van der Waals surface area contributed by atoms with Crippen molar-refractivity contribution in [3.05, 3.63) is 29.6 Å². The molecule has 1 atom stereocenters. The zero-order valence-electron chi connectivity index (χ0n) is 11.8. The van der Waals surface area contributed by atoms with Crippen LogP contribution in [0.3, 0.4) is 0 Å². The molecule has 0 saturated heterocycles. The first-order valence-electron chi connectivity index (χ1n) is 7.46. The van der Waals surface area contributed by atoms with E-state index in [1.54, 1.807) is 0 Å². The van der Waals surface area contributed by atoms with Gasteiger partial charge < -0.3 is 5.32 Å². The Kier molecular flexibility index (Phi) is 5.18. The van der Waals surface area contributed by atoms with E-state index in [9.17, 15) is 0 Å². The molecule has 0 amide bonds. The zero-order valence-corrected chi connectivity index (χ0v) is 11.8. The number of hydrogen-bond acceptors (Lipinski definition) is 2. The van der Waals surface area contributed by atoms with Crippen LogP contribution >= 0.6 is 0 Å². The molecular formula is C16H26N2. The third kappa shape index (κ3) is 3.81. The second kappa shape index (κ2) is 6.89. The Labute approximate surface area is 111 Å². The van der Waals surface area contributed by atoms with Gasteiger partial charge in [0, 0.05) is 11.7 Å². The molecule has 0 spiro atoms. The van der Waals surface area contributed by atoms with Gasteiger partial charge in [-0.1, -0.05) is 38.7 Å². The fourth-order valence-corrected chi connectivity index (χ4v) is 2.96. The molecule has 0 aliphatic heterocycles. The summed E-state index contributed by atoms with van der Waals surface area (Å²) in [6.45, 7) is 5.40. The van der Waals surface area contributed by atoms with Crippen molar-refractivity contribution in [2.75, 3.05) is 6.54 Å². The number of hydrogen-bond donors (Lipinski definition) is 1. The monoisotopic (exact) mass is 246 g/mol. The maximum atomic E-state index is 4.71. The highest BCUT2D eigenvalue weighted by molar-refractivity contribution is 5.13. The van der Waals surface area contributed by atoms with Crippen molar-refractivity contribution >= 4 is 0 Å². The quantitative estimate of drug-likeness (QED) is 0.820. The van der Waals surface area contributed by atoms with E-state index in [0.29, 0.717) is 6.04 Å². The van der Waals surface area contributed by atoms with Gasteiger partial charge in [-0.15, -0.1) is 0 Å². The summed E-state index contributed by atoms with van der Waals surface area (Å²) in [6.07, 6.45) is 8.12. The maximum absolute atomic E-state index is 4.71. The Morgan fingerprint density at radius 2 is 2.11 bits per heavy atom. The van der Waals surface area contributed by atoms with E-state index in [1.807, 2.05) is 0 Å². The van der Waals surface area contributed by atoms with Gasteiger partial charge in [-0.2, -0.15) is 0 Å². The molecule has 0 bridgehead atoms. The van der Waals surface area contributed by atoms with Crippen molar-refractivity contribution in [1.82, 2.24) is 10.3 Å². The largest absolute Gasteiger partial charge is 0.309 e. The van der Waals surface area contributed by atoms with Gasteiger partial charge >= 0.3 is 0 Å². The average Bonchev–Trinajstić information content (AvgIpc) is 2.87. The highest BCUT2D eigenvalue weighted by atomic mass is 14.9. The third-order valence-electron chi connectivity index (χ3n) is 3.95. The third-order valence-corrected chi connectivity index (χ3v) is 3.95. The van der Waals surface area contributed by atoms with Crippen LogP contribution in [-0.4, -0.2) is 11.5 Å². The summed E-state index contributed by atoms with van der Waals surface area (Å²) < 4.78 is 0. The number of aryl methyl sites for hydroxylation is 1. The Morgan fingerprint density at radius 3 is 2.78 bits per heavy atom. The molecule has 1 aliphatic rings. The van der Waals surface area contributed by atoms with E-state index in [-0.39, 0.29) is 0 Å². The van der Waals surface area contributed by atoms with Crippen LogP contribution in [0.5, 0.6) is 0 Å². The summed E-state index contributed by atoms with van der Waals surface area (Å²) in [7, 11) is 0. The summed E-state index contributed by atoms with van der Waals surface area (Å²) in [5, 5.41) is 3.68. The predicted molar refractivity (Wildman–Crippen MR) is 76.6 cm³/mol. The van der Waals surface area contributed by atoms with Gasteiger partial charge in [0.1, 0.15) is 0 Å². The lowest BCUT2D eigenvalue weighted by Gasteiger charge is -2.21. The molecule has 1 unspecified atom stereocenters. The average molecular weight is 246 g/mol. The van der Waals surface area contributed by atoms with E-state index >= 15 is 0 Å². The molecule has 18 heavy (non-hydrogen) atoms. The minimum Gasteiger partial charge on any atom is -0.309 e. The molecule has 2 heteroatoms. The van der Waals surface area contributed by atoms with Crippen LogP contribution in [0.4, 0.5) is 0 Å². The van der Waals surface area contributed by atoms with Crippen molar-refractivity contribution in [2.45, 2.75) is 58.4 Å². The van der Waals surface area contributed by atoms with Gasteiger partial charge in [-0.25, -0.2) is 0 Å². The molecule has 100 valence electrons. The molecule has 1 aliphatic carbocycles. The van der Waals surface area contributed by atoms with E-state index < -0.39 is 0 Å². The van der Waals surface area contributed by atoms with Crippen molar-refractivity contribution in [3.63, 3.8) is 0 Å². The fraction of sp³-hybridized carbons (Fsp3) is 0.688. The smallest absolute Gasteiger partial charge is 0.0576 e. The number of pyridine rings is 1. The number of nitrogens with one attached hydrogen (secondary N) is 1. The summed E-state index contributed by atoms with van der Waals surface area (Å²) >= 11 is 0. The summed E-state index contributed by atoms with van der Waals surface area (Å²) in [5.74, 6) is 0.904. The standard InChI is InChI=1S/C16H26N2/c1-3-11-17-16(12-14-8-4-5-9-14)15-10-6-7-13(2)18-15/h6-7,10,14,16-17H,3-5,8-9,11-12H2,1-2H3. The van der Waals surface area contributed by atoms with Crippen LogP contribution in [0.2, 0.25) is 0 Å². The first kappa shape index (κ1) is 13.5. The molecule has 0 radical (unpaired) electrons. The lowest BCUT2D eigenvalue weighted by molar-refractivity contribution is 0.389. The van der Waals surface area contributed by atoms with Crippen LogP contribution in [0.1, 0.15) is 62.9 Å². The van der Waals surface area contributed by atoms with Crippen LogP contribution < -0.4 is 5.32 Å². The maximum Gasteiger partial charge on any atom is 0.0576 e. The van der Waals surface area contributed by atoms with Gasteiger partial charge in [-0.3, -0.25) is 4.98 Å². The van der Waals surface area contributed by atoms with Crippen molar-refractivity contribution in [2.24, 2.45) is 5.92 Å². The fourth-order valence-electron chi connectivity index (χ4n) is 2.96. The Balaban J connectivity index is 2.03. The Morgan fingerprint density at radius 1 is 1.33 bits per heavy atom. The minimum atomic E-state index is 0.452. The van der Waals surface area contributed by atoms with Crippen LogP contribution in [0, 0.1) is 12.8 Å². The number of nitrogens with zero attached hydrogens (tertiary/aromatic N) is 1. The SMILES string of the molecule is CCCNC(CC1CCCC1)c1cccc(C)n1. The van der Waals surface area contributed by atoms with Gasteiger partial charge in [0.25, 0.3) is 0 Å². The Hall–Kier alpha value is -0.890. The molecule has 2 rings (SSSR count). The molecular weight excluding hydrogens is 220 g/mol. The van der Waals surface area contributed by atoms with Gasteiger partial charge in [0.15, 0.2) is 0 Å². The lowest BCUT2D eigenvalue weighted by atomic mass is 9.96. The molecule has 0 aromatic carbocycles. The number of aromatic nitrogens is 1. The second-order valence-corrected chi connectivity index (χ2v) is 5.60. The van der Waals surface area contributed by atoms with E-state index in [2.05, 4.69) is 37.4 Å². The lowest BCUT2D eigenvalue weighted by Crippen LogP contribution is -2.25. The summed E-state index contributed by atoms with van der Waals surface area (Å²) in [4.78, 5) is 4.71. The highest BCUT2D eigenvalue weighted by Crippen LogP contribution is 2.32. The number of rotatable bonds is 6. The normalized spacial score (nSPS) is 18.1. The minimum absolute atomic E-state index is 0.452. The molecule has 1 N–H and O–H groups in total. The molecule has 1 aromatic rings. The predicted octanol–water partition coefficient (Wildman–Crippen LogP) is 4.01. The summed E-state index contributed by atoms with van der Waals surface area (Å²) in [5.41, 5.74) is 2.36. The molecule has 1 heterocycles. The summed E-state index contributed by atoms with van der Waals surface area (Å²) in [6, 6.07) is 6.84. The molecule has 1 aromatic heterocycles. The van der Waals surface area contributed by atoms with Crippen molar-refractivity contribution in [1.29, 1.82) is 0 Å². The van der Waals surface area contributed by atoms with Gasteiger partial charge in [-0.05, 0) is 44.4 Å². The van der Waals surface area contributed by atoms with Gasteiger partial charge in [0.05, 0.1) is 5.69 Å². The van der Waals surface area contributed by atoms with Crippen molar-refractivity contribution in [3.8, 4) is 0 Å². The topological polar surface area (TPSA) is 24.9 Å².